The van der Waals surface area contributed by atoms with Crippen LogP contribution in [0, 0.1) is 0 Å². The van der Waals surface area contributed by atoms with Gasteiger partial charge in [-0.2, -0.15) is 0 Å². The van der Waals surface area contributed by atoms with Gasteiger partial charge in [0, 0.05) is 42.5 Å². The van der Waals surface area contributed by atoms with E-state index in [1.165, 1.54) is 11.3 Å². The fourth-order valence-corrected chi connectivity index (χ4v) is 2.90. The lowest BCUT2D eigenvalue weighted by Crippen LogP contribution is -2.24. The van der Waals surface area contributed by atoms with E-state index in [-0.39, 0.29) is 5.91 Å². The minimum Gasteiger partial charge on any atom is -0.372 e. The van der Waals surface area contributed by atoms with E-state index in [4.69, 9.17) is 11.6 Å². The van der Waals surface area contributed by atoms with Crippen molar-refractivity contribution < 1.29 is 4.79 Å². The Morgan fingerprint density at radius 1 is 0.962 bits per heavy atom. The van der Waals surface area contributed by atoms with Crippen LogP contribution in [0.4, 0.5) is 11.4 Å². The number of benzene rings is 2. The minimum absolute atomic E-state index is 0.0274. The van der Waals surface area contributed by atoms with Crippen LogP contribution < -0.4 is 15.5 Å². The number of anilines is 2. The topological polar surface area (TPSA) is 44.4 Å². The van der Waals surface area contributed by atoms with Gasteiger partial charge < -0.3 is 15.5 Å². The van der Waals surface area contributed by atoms with Crippen LogP contribution in [0.5, 0.6) is 0 Å². The summed E-state index contributed by atoms with van der Waals surface area (Å²) in [6.07, 6.45) is 1.38. The summed E-state index contributed by atoms with van der Waals surface area (Å²) in [6, 6.07) is 15.9. The van der Waals surface area contributed by atoms with Gasteiger partial charge in [-0.15, -0.1) is 0 Å². The summed E-state index contributed by atoms with van der Waals surface area (Å²) >= 11 is 5.87. The number of nitrogens with one attached hydrogen (secondary N) is 2. The molecule has 0 unspecified atom stereocenters. The Morgan fingerprint density at radius 2 is 1.62 bits per heavy atom. The summed E-state index contributed by atoms with van der Waals surface area (Å²) in [5, 5.41) is 7.00. The van der Waals surface area contributed by atoms with Gasteiger partial charge in [-0.05, 0) is 68.8 Å². The van der Waals surface area contributed by atoms with Crippen molar-refractivity contribution >= 4 is 28.9 Å². The molecular formula is C21H28ClN3O. The number of halogens is 1. The summed E-state index contributed by atoms with van der Waals surface area (Å²) in [7, 11) is 0. The fourth-order valence-electron chi connectivity index (χ4n) is 2.78. The van der Waals surface area contributed by atoms with Gasteiger partial charge in [0.05, 0.1) is 0 Å². The van der Waals surface area contributed by atoms with E-state index in [1.807, 2.05) is 48.5 Å². The van der Waals surface area contributed by atoms with E-state index in [2.05, 4.69) is 29.4 Å². The summed E-state index contributed by atoms with van der Waals surface area (Å²) in [4.78, 5) is 14.3. The molecule has 0 atom stereocenters. The molecule has 4 nitrogen and oxygen atoms in total. The van der Waals surface area contributed by atoms with Gasteiger partial charge in [0.15, 0.2) is 0 Å². The number of amides is 1. The lowest BCUT2D eigenvalue weighted by atomic mass is 10.1. The van der Waals surface area contributed by atoms with Gasteiger partial charge in [-0.3, -0.25) is 4.79 Å². The normalized spacial score (nSPS) is 10.6. The second-order valence-electron chi connectivity index (χ2n) is 6.14. The van der Waals surface area contributed by atoms with Crippen molar-refractivity contribution in [3.05, 3.63) is 59.1 Å². The molecule has 0 fully saturated rings. The Labute approximate surface area is 161 Å². The molecule has 0 aromatic heterocycles. The van der Waals surface area contributed by atoms with Crippen LogP contribution in [0.1, 0.15) is 25.8 Å². The highest BCUT2D eigenvalue weighted by Crippen LogP contribution is 2.17. The van der Waals surface area contributed by atoms with E-state index in [0.717, 1.165) is 36.8 Å². The first-order valence-corrected chi connectivity index (χ1v) is 9.60. The Hall–Kier alpha value is -2.04. The molecule has 2 rings (SSSR count). The smallest absolute Gasteiger partial charge is 0.225 e. The molecule has 0 saturated heterocycles. The lowest BCUT2D eigenvalue weighted by molar-refractivity contribution is -0.116. The first-order chi connectivity index (χ1) is 12.6. The maximum atomic E-state index is 12.0. The first kappa shape index (κ1) is 20.3. The summed E-state index contributed by atoms with van der Waals surface area (Å²) < 4.78 is 0. The van der Waals surface area contributed by atoms with Crippen molar-refractivity contribution in [1.82, 2.24) is 5.32 Å². The molecule has 140 valence electrons. The van der Waals surface area contributed by atoms with Crippen LogP contribution >= 0.6 is 11.6 Å². The third-order valence-electron chi connectivity index (χ3n) is 4.31. The molecule has 2 aromatic rings. The first-order valence-electron chi connectivity index (χ1n) is 9.22. The predicted molar refractivity (Wildman–Crippen MR) is 111 cm³/mol. The van der Waals surface area contributed by atoms with Crippen LogP contribution in [-0.2, 0) is 11.2 Å². The number of hydrogen-bond donors (Lipinski definition) is 2. The van der Waals surface area contributed by atoms with Crippen molar-refractivity contribution in [3.63, 3.8) is 0 Å². The quantitative estimate of drug-likeness (QED) is 0.608. The molecule has 0 bridgehead atoms. The molecular weight excluding hydrogens is 346 g/mol. The van der Waals surface area contributed by atoms with E-state index in [0.29, 0.717) is 13.0 Å². The summed E-state index contributed by atoms with van der Waals surface area (Å²) in [6.45, 7) is 7.73. The third-order valence-corrected chi connectivity index (χ3v) is 4.56. The second-order valence-corrected chi connectivity index (χ2v) is 6.58. The van der Waals surface area contributed by atoms with E-state index in [9.17, 15) is 4.79 Å². The SMILES string of the molecule is CCN(CC)c1ccc(NC(=O)CCNCCc2ccc(Cl)cc2)cc1. The third kappa shape index (κ3) is 6.70. The van der Waals surface area contributed by atoms with Crippen LogP contribution in [0.25, 0.3) is 0 Å². The van der Waals surface area contributed by atoms with Crippen molar-refractivity contribution in [2.24, 2.45) is 0 Å². The Balaban J connectivity index is 1.66. The largest absolute Gasteiger partial charge is 0.372 e. The van der Waals surface area contributed by atoms with E-state index >= 15 is 0 Å². The number of hydrogen-bond acceptors (Lipinski definition) is 3. The van der Waals surface area contributed by atoms with Crippen LogP contribution in [-0.4, -0.2) is 32.1 Å². The highest BCUT2D eigenvalue weighted by atomic mass is 35.5. The van der Waals surface area contributed by atoms with Crippen LogP contribution in [0.2, 0.25) is 5.02 Å². The fraction of sp³-hybridized carbons (Fsp3) is 0.381. The average molecular weight is 374 g/mol. The van der Waals surface area contributed by atoms with Gasteiger partial charge in [0.1, 0.15) is 0 Å². The molecule has 0 radical (unpaired) electrons. The lowest BCUT2D eigenvalue weighted by Gasteiger charge is -2.21. The molecule has 0 spiro atoms. The number of carbonyl (C=O) groups excluding carboxylic acids is 1. The molecule has 5 heteroatoms. The predicted octanol–water partition coefficient (Wildman–Crippen LogP) is 4.35. The van der Waals surface area contributed by atoms with Gasteiger partial charge in [-0.1, -0.05) is 23.7 Å². The van der Waals surface area contributed by atoms with Crippen molar-refractivity contribution in [3.8, 4) is 0 Å². The number of nitrogens with zero attached hydrogens (tertiary/aromatic N) is 1. The van der Waals surface area contributed by atoms with Crippen molar-refractivity contribution in [2.75, 3.05) is 36.4 Å². The Bertz CT molecular complexity index is 667. The van der Waals surface area contributed by atoms with Gasteiger partial charge in [0.25, 0.3) is 0 Å². The van der Waals surface area contributed by atoms with Gasteiger partial charge in [0.2, 0.25) is 5.91 Å². The Morgan fingerprint density at radius 3 is 2.23 bits per heavy atom. The molecule has 2 aromatic carbocycles. The van der Waals surface area contributed by atoms with E-state index in [1.54, 1.807) is 0 Å². The molecule has 2 N–H and O–H groups in total. The molecule has 0 aliphatic rings. The summed E-state index contributed by atoms with van der Waals surface area (Å²) in [5.41, 5.74) is 3.25. The zero-order valence-corrected chi connectivity index (χ0v) is 16.4. The zero-order chi connectivity index (χ0) is 18.8. The molecule has 0 aliphatic carbocycles. The average Bonchev–Trinajstić information content (AvgIpc) is 2.65. The molecule has 1 amide bonds. The summed E-state index contributed by atoms with van der Waals surface area (Å²) in [5.74, 6) is 0.0274. The minimum atomic E-state index is 0.0274. The number of rotatable bonds is 10. The standard InChI is InChI=1S/C21H28ClN3O/c1-3-25(4-2)20-11-9-19(10-12-20)24-21(26)14-16-23-15-13-17-5-7-18(22)8-6-17/h5-12,23H,3-4,13-16H2,1-2H3,(H,24,26). The Kier molecular flexibility index (Phi) is 8.45. The zero-order valence-electron chi connectivity index (χ0n) is 15.6. The molecule has 26 heavy (non-hydrogen) atoms. The maximum Gasteiger partial charge on any atom is 0.225 e. The number of carbonyl (C=O) groups is 1. The highest BCUT2D eigenvalue weighted by Gasteiger charge is 2.04. The molecule has 0 aliphatic heterocycles. The van der Waals surface area contributed by atoms with Crippen molar-refractivity contribution in [2.45, 2.75) is 26.7 Å². The van der Waals surface area contributed by atoms with E-state index < -0.39 is 0 Å². The van der Waals surface area contributed by atoms with Crippen LogP contribution in [0.15, 0.2) is 48.5 Å². The molecule has 0 heterocycles. The van der Waals surface area contributed by atoms with Crippen LogP contribution in [0.3, 0.4) is 0 Å². The van der Waals surface area contributed by atoms with Gasteiger partial charge >= 0.3 is 0 Å². The highest BCUT2D eigenvalue weighted by molar-refractivity contribution is 6.30. The molecule has 0 saturated carbocycles. The maximum absolute atomic E-state index is 12.0. The monoisotopic (exact) mass is 373 g/mol. The van der Waals surface area contributed by atoms with Crippen molar-refractivity contribution in [1.29, 1.82) is 0 Å². The van der Waals surface area contributed by atoms with Gasteiger partial charge in [-0.25, -0.2) is 0 Å². The second kappa shape index (κ2) is 10.8.